The molecule has 0 aliphatic carbocycles. The van der Waals surface area contributed by atoms with E-state index in [0.717, 1.165) is 27.1 Å². The van der Waals surface area contributed by atoms with Crippen LogP contribution in [0, 0.1) is 0 Å². The average molecular weight is 459 g/mol. The summed E-state index contributed by atoms with van der Waals surface area (Å²) in [6.07, 6.45) is 1.72. The third kappa shape index (κ3) is 4.61. The molecular weight excluding hydrogens is 436 g/mol. The second kappa shape index (κ2) is 9.67. The highest BCUT2D eigenvalue weighted by molar-refractivity contribution is 8.19. The van der Waals surface area contributed by atoms with Gasteiger partial charge in [0.2, 0.25) is 0 Å². The van der Waals surface area contributed by atoms with Crippen LogP contribution in [0.2, 0.25) is 0 Å². The maximum atomic E-state index is 12.3. The van der Waals surface area contributed by atoms with Crippen molar-refractivity contribution in [1.82, 2.24) is 5.43 Å². The summed E-state index contributed by atoms with van der Waals surface area (Å²) in [7, 11) is 0. The Labute approximate surface area is 195 Å². The lowest BCUT2D eigenvalue weighted by molar-refractivity contribution is -0.123. The van der Waals surface area contributed by atoms with E-state index in [2.05, 4.69) is 53.0 Å². The van der Waals surface area contributed by atoms with Crippen molar-refractivity contribution < 1.29 is 9.53 Å². The van der Waals surface area contributed by atoms with Crippen LogP contribution in [0.3, 0.4) is 0 Å². The van der Waals surface area contributed by atoms with Crippen LogP contribution >= 0.6 is 23.5 Å². The molecule has 1 heterocycles. The third-order valence-corrected chi connectivity index (χ3v) is 8.44. The largest absolute Gasteiger partial charge is 0.484 e. The Kier molecular flexibility index (Phi) is 6.32. The summed E-state index contributed by atoms with van der Waals surface area (Å²) in [5.74, 6) is 2.78. The summed E-state index contributed by atoms with van der Waals surface area (Å²) in [5, 5.41) is 8.68. The van der Waals surface area contributed by atoms with E-state index in [1.54, 1.807) is 6.21 Å². The van der Waals surface area contributed by atoms with Gasteiger partial charge in [0.1, 0.15) is 5.75 Å². The topological polar surface area (TPSA) is 50.7 Å². The molecule has 4 aromatic rings. The third-order valence-electron chi connectivity index (χ3n) is 5.34. The minimum atomic E-state index is -0.295. The molecule has 0 spiro atoms. The van der Waals surface area contributed by atoms with Gasteiger partial charge in [-0.1, -0.05) is 60.7 Å². The number of carbonyl (C=O) groups is 1. The zero-order valence-electron chi connectivity index (χ0n) is 17.4. The molecule has 6 heteroatoms. The molecule has 0 unspecified atom stereocenters. The highest BCUT2D eigenvalue weighted by Gasteiger charge is 2.18. The molecule has 0 bridgehead atoms. The van der Waals surface area contributed by atoms with E-state index in [0.29, 0.717) is 10.3 Å². The average Bonchev–Trinajstić information content (AvgIpc) is 3.38. The van der Waals surface area contributed by atoms with Crippen LogP contribution in [0.4, 0.5) is 0 Å². The van der Waals surface area contributed by atoms with Crippen molar-refractivity contribution in [3.8, 4) is 5.75 Å². The molecule has 0 radical (unpaired) electrons. The summed E-state index contributed by atoms with van der Waals surface area (Å²) >= 11 is 3.94. The van der Waals surface area contributed by atoms with Crippen molar-refractivity contribution in [2.75, 3.05) is 18.1 Å². The molecule has 1 aliphatic heterocycles. The zero-order valence-corrected chi connectivity index (χ0v) is 19.0. The SMILES string of the molecule is O=C(COc1ccc(C2SCCS2)cc1)N/N=C\c1c2ccccc2cc2ccccc12. The van der Waals surface area contributed by atoms with Gasteiger partial charge in [0.05, 0.1) is 10.8 Å². The number of thioether (sulfide) groups is 2. The van der Waals surface area contributed by atoms with Crippen LogP contribution in [0.1, 0.15) is 15.7 Å². The predicted molar refractivity (Wildman–Crippen MR) is 137 cm³/mol. The molecule has 1 fully saturated rings. The summed E-state index contributed by atoms with van der Waals surface area (Å²) in [4.78, 5) is 12.3. The van der Waals surface area contributed by atoms with Crippen molar-refractivity contribution in [1.29, 1.82) is 0 Å². The van der Waals surface area contributed by atoms with Crippen LogP contribution in [-0.4, -0.2) is 30.2 Å². The van der Waals surface area contributed by atoms with Gasteiger partial charge in [-0.15, -0.1) is 23.5 Å². The number of nitrogens with zero attached hydrogens (tertiary/aromatic N) is 1. The van der Waals surface area contributed by atoms with E-state index in [4.69, 9.17) is 4.74 Å². The lowest BCUT2D eigenvalue weighted by Gasteiger charge is -2.10. The van der Waals surface area contributed by atoms with Gasteiger partial charge in [-0.05, 0) is 45.3 Å². The van der Waals surface area contributed by atoms with Crippen molar-refractivity contribution in [3.63, 3.8) is 0 Å². The summed E-state index contributed by atoms with van der Waals surface area (Å²) < 4.78 is 6.14. The molecule has 1 amide bonds. The Balaban J connectivity index is 1.24. The Bertz CT molecular complexity index is 1230. The molecular formula is C26H22N2O2S2. The van der Waals surface area contributed by atoms with Crippen LogP contribution in [0.5, 0.6) is 5.75 Å². The first-order valence-electron chi connectivity index (χ1n) is 10.5. The normalized spacial score (nSPS) is 14.4. The van der Waals surface area contributed by atoms with Crippen molar-refractivity contribution in [2.45, 2.75) is 4.58 Å². The summed E-state index contributed by atoms with van der Waals surface area (Å²) in [6, 6.07) is 26.5. The predicted octanol–water partition coefficient (Wildman–Crippen LogP) is 6.00. The van der Waals surface area contributed by atoms with Crippen LogP contribution in [-0.2, 0) is 4.79 Å². The molecule has 1 N–H and O–H groups in total. The molecule has 4 nitrogen and oxygen atoms in total. The highest BCUT2D eigenvalue weighted by Crippen LogP contribution is 2.45. The molecule has 0 atom stereocenters. The fourth-order valence-electron chi connectivity index (χ4n) is 3.81. The lowest BCUT2D eigenvalue weighted by Crippen LogP contribution is -2.24. The quantitative estimate of drug-likeness (QED) is 0.219. The number of rotatable bonds is 6. The van der Waals surface area contributed by atoms with Crippen LogP contribution in [0.15, 0.2) is 84.0 Å². The molecule has 5 rings (SSSR count). The monoisotopic (exact) mass is 458 g/mol. The van der Waals surface area contributed by atoms with Gasteiger partial charge in [-0.2, -0.15) is 5.10 Å². The number of fused-ring (bicyclic) bond motifs is 2. The van der Waals surface area contributed by atoms with Crippen LogP contribution < -0.4 is 10.2 Å². The zero-order chi connectivity index (χ0) is 21.8. The second-order valence-electron chi connectivity index (χ2n) is 7.46. The highest BCUT2D eigenvalue weighted by atomic mass is 32.2. The van der Waals surface area contributed by atoms with Crippen molar-refractivity contribution in [2.24, 2.45) is 5.10 Å². The number of benzene rings is 4. The fraction of sp³-hybridized carbons (Fsp3) is 0.154. The first kappa shape index (κ1) is 20.9. The number of amides is 1. The van der Waals surface area contributed by atoms with Gasteiger partial charge < -0.3 is 4.74 Å². The minimum Gasteiger partial charge on any atom is -0.484 e. The number of nitrogens with one attached hydrogen (secondary N) is 1. The van der Waals surface area contributed by atoms with Crippen molar-refractivity contribution >= 4 is 57.2 Å². The maximum absolute atomic E-state index is 12.3. The van der Waals surface area contributed by atoms with Gasteiger partial charge >= 0.3 is 0 Å². The Hall–Kier alpha value is -2.96. The molecule has 0 saturated carbocycles. The van der Waals surface area contributed by atoms with Crippen molar-refractivity contribution in [3.05, 3.63) is 90.0 Å². The van der Waals surface area contributed by atoms with Gasteiger partial charge in [-0.25, -0.2) is 5.43 Å². The van der Waals surface area contributed by atoms with E-state index in [1.165, 1.54) is 17.1 Å². The van der Waals surface area contributed by atoms with E-state index >= 15 is 0 Å². The Morgan fingerprint density at radius 3 is 2.22 bits per heavy atom. The van der Waals surface area contributed by atoms with Crippen LogP contribution in [0.25, 0.3) is 21.5 Å². The first-order chi connectivity index (χ1) is 15.8. The Morgan fingerprint density at radius 1 is 0.938 bits per heavy atom. The number of hydrogen-bond acceptors (Lipinski definition) is 5. The number of hydrazone groups is 1. The maximum Gasteiger partial charge on any atom is 0.277 e. The molecule has 160 valence electrons. The number of carbonyl (C=O) groups excluding carboxylic acids is 1. The first-order valence-corrected chi connectivity index (χ1v) is 12.6. The summed E-state index contributed by atoms with van der Waals surface area (Å²) in [6.45, 7) is -0.0834. The minimum absolute atomic E-state index is 0.0834. The number of hydrogen-bond donors (Lipinski definition) is 1. The van der Waals surface area contributed by atoms with E-state index < -0.39 is 0 Å². The van der Waals surface area contributed by atoms with E-state index in [1.807, 2.05) is 59.9 Å². The fourth-order valence-corrected chi connectivity index (χ4v) is 6.67. The van der Waals surface area contributed by atoms with Gasteiger partial charge in [0, 0.05) is 17.1 Å². The van der Waals surface area contributed by atoms with Gasteiger partial charge in [0.15, 0.2) is 6.61 Å². The molecule has 1 saturated heterocycles. The standard InChI is InChI=1S/C26H22N2O2S2/c29-25(17-30-21-11-9-18(10-12-21)26-31-13-14-32-26)28-27-16-24-22-7-3-1-5-19(22)15-20-6-2-4-8-23(20)24/h1-12,15-16,26H,13-14,17H2,(H,28,29)/b27-16-. The number of ether oxygens (including phenoxy) is 1. The molecule has 32 heavy (non-hydrogen) atoms. The molecule has 4 aromatic carbocycles. The van der Waals surface area contributed by atoms with Gasteiger partial charge in [0.25, 0.3) is 5.91 Å². The van der Waals surface area contributed by atoms with E-state index in [-0.39, 0.29) is 12.5 Å². The smallest absolute Gasteiger partial charge is 0.277 e. The molecule has 1 aliphatic rings. The van der Waals surface area contributed by atoms with E-state index in [9.17, 15) is 4.79 Å². The second-order valence-corrected chi connectivity index (χ2v) is 10.2. The van der Waals surface area contributed by atoms with Gasteiger partial charge in [-0.3, -0.25) is 4.79 Å². The summed E-state index contributed by atoms with van der Waals surface area (Å²) in [5.41, 5.74) is 4.86. The molecule has 0 aromatic heterocycles. The lowest BCUT2D eigenvalue weighted by atomic mass is 9.97. The Morgan fingerprint density at radius 2 is 1.56 bits per heavy atom.